The van der Waals surface area contributed by atoms with Crippen LogP contribution >= 0.6 is 0 Å². The van der Waals surface area contributed by atoms with Gasteiger partial charge in [0.15, 0.2) is 6.29 Å². The third-order valence-electron chi connectivity index (χ3n) is 7.18. The Morgan fingerprint density at radius 3 is 2.21 bits per heavy atom. The van der Waals surface area contributed by atoms with Crippen molar-refractivity contribution in [2.75, 3.05) is 6.61 Å². The lowest BCUT2D eigenvalue weighted by Crippen LogP contribution is -2.28. The minimum atomic E-state index is -0.117. The molecule has 4 nitrogen and oxygen atoms in total. The smallest absolute Gasteiger partial charge is 0.306 e. The summed E-state index contributed by atoms with van der Waals surface area (Å²) in [6.07, 6.45) is 19.5. The van der Waals surface area contributed by atoms with Crippen LogP contribution in [0.25, 0.3) is 0 Å². The summed E-state index contributed by atoms with van der Waals surface area (Å²) in [6, 6.07) is 8.39. The quantitative estimate of drug-likeness (QED) is 0.209. The molecule has 2 aliphatic rings. The van der Waals surface area contributed by atoms with Crippen LogP contribution in [-0.4, -0.2) is 25.0 Å². The van der Waals surface area contributed by atoms with Crippen molar-refractivity contribution in [3.63, 3.8) is 0 Å². The van der Waals surface area contributed by atoms with Gasteiger partial charge in [0.2, 0.25) is 0 Å². The third kappa shape index (κ3) is 9.68. The van der Waals surface area contributed by atoms with Gasteiger partial charge in [-0.2, -0.15) is 0 Å². The van der Waals surface area contributed by atoms with Crippen molar-refractivity contribution in [3.8, 4) is 5.75 Å². The summed E-state index contributed by atoms with van der Waals surface area (Å²) in [5, 5.41) is 0. The maximum absolute atomic E-state index is 12.5. The summed E-state index contributed by atoms with van der Waals surface area (Å²) in [5.41, 5.74) is 1.26. The highest BCUT2D eigenvalue weighted by atomic mass is 16.7. The molecule has 1 saturated carbocycles. The van der Waals surface area contributed by atoms with Crippen LogP contribution in [0.1, 0.15) is 128 Å². The Morgan fingerprint density at radius 2 is 1.52 bits per heavy atom. The molecule has 0 radical (unpaired) electrons. The lowest BCUT2D eigenvalue weighted by atomic mass is 9.81. The van der Waals surface area contributed by atoms with Crippen molar-refractivity contribution in [1.29, 1.82) is 0 Å². The van der Waals surface area contributed by atoms with Crippen LogP contribution in [0.15, 0.2) is 24.3 Å². The topological polar surface area (TPSA) is 44.8 Å². The van der Waals surface area contributed by atoms with Crippen LogP contribution < -0.4 is 4.74 Å². The maximum atomic E-state index is 12.5. The predicted molar refractivity (Wildman–Crippen MR) is 134 cm³/mol. The average Bonchev–Trinajstić information content (AvgIpc) is 2.85. The molecule has 1 saturated heterocycles. The highest BCUT2D eigenvalue weighted by Crippen LogP contribution is 2.36. The molecule has 1 aliphatic carbocycles. The van der Waals surface area contributed by atoms with E-state index in [-0.39, 0.29) is 18.4 Å². The number of esters is 1. The van der Waals surface area contributed by atoms with Gasteiger partial charge in [-0.3, -0.25) is 4.79 Å². The number of rotatable bonds is 14. The summed E-state index contributed by atoms with van der Waals surface area (Å²) in [5.74, 6) is 1.15. The second-order valence-corrected chi connectivity index (χ2v) is 9.98. The first-order chi connectivity index (χ1) is 16.3. The molecule has 33 heavy (non-hydrogen) atoms. The molecular weight excluding hydrogens is 412 g/mol. The van der Waals surface area contributed by atoms with E-state index in [0.29, 0.717) is 12.3 Å². The van der Waals surface area contributed by atoms with E-state index in [1.807, 2.05) is 12.1 Å². The predicted octanol–water partition coefficient (Wildman–Crippen LogP) is 8.08. The molecule has 0 N–H and O–H groups in total. The van der Waals surface area contributed by atoms with Crippen molar-refractivity contribution in [1.82, 2.24) is 0 Å². The van der Waals surface area contributed by atoms with E-state index in [1.165, 1.54) is 56.9 Å². The summed E-state index contributed by atoms with van der Waals surface area (Å²) in [7, 11) is 0. The van der Waals surface area contributed by atoms with Crippen LogP contribution in [0.3, 0.4) is 0 Å². The zero-order valence-electron chi connectivity index (χ0n) is 20.9. The highest BCUT2D eigenvalue weighted by Gasteiger charge is 2.29. The van der Waals surface area contributed by atoms with Gasteiger partial charge in [0.1, 0.15) is 11.9 Å². The highest BCUT2D eigenvalue weighted by molar-refractivity contribution is 5.69. The molecule has 3 rings (SSSR count). The molecule has 1 aromatic carbocycles. The second-order valence-electron chi connectivity index (χ2n) is 9.98. The van der Waals surface area contributed by atoms with E-state index in [1.54, 1.807) is 0 Å². The summed E-state index contributed by atoms with van der Waals surface area (Å²) >= 11 is 0. The Morgan fingerprint density at radius 1 is 0.848 bits per heavy atom. The number of hydrogen-bond acceptors (Lipinski definition) is 4. The van der Waals surface area contributed by atoms with Gasteiger partial charge >= 0.3 is 5.97 Å². The van der Waals surface area contributed by atoms with E-state index in [0.717, 1.165) is 63.7 Å². The standard InChI is InChI=1S/C29H46O4/c1-2-3-4-5-6-7-8-9-10-17-28(30)33-27-16-12-11-15-26(27)24-19-21-25(22-20-24)32-29-18-13-14-23-31-29/h19-22,26-27,29H,2-18,23H2,1H3/t26-,27+,29?/m0/s1. The zero-order chi connectivity index (χ0) is 23.1. The van der Waals surface area contributed by atoms with E-state index >= 15 is 0 Å². The Balaban J connectivity index is 1.37. The summed E-state index contributed by atoms with van der Waals surface area (Å²) in [4.78, 5) is 12.5. The molecule has 1 unspecified atom stereocenters. The Kier molecular flexibility index (Phi) is 12.1. The Bertz CT molecular complexity index is 650. The van der Waals surface area contributed by atoms with Crippen LogP contribution in [-0.2, 0) is 14.3 Å². The maximum Gasteiger partial charge on any atom is 0.306 e. The monoisotopic (exact) mass is 458 g/mol. The van der Waals surface area contributed by atoms with Crippen LogP contribution in [0.2, 0.25) is 0 Å². The summed E-state index contributed by atoms with van der Waals surface area (Å²) in [6.45, 7) is 3.05. The van der Waals surface area contributed by atoms with Gasteiger partial charge in [-0.05, 0) is 56.2 Å². The Labute approximate surface area is 201 Å². The van der Waals surface area contributed by atoms with Gasteiger partial charge in [-0.1, -0.05) is 76.8 Å². The zero-order valence-corrected chi connectivity index (χ0v) is 20.9. The molecular formula is C29H46O4. The van der Waals surface area contributed by atoms with Gasteiger partial charge < -0.3 is 14.2 Å². The van der Waals surface area contributed by atoms with E-state index in [9.17, 15) is 4.79 Å². The van der Waals surface area contributed by atoms with Crippen LogP contribution in [0, 0.1) is 0 Å². The average molecular weight is 459 g/mol. The molecule has 0 amide bonds. The normalized spacial score (nSPS) is 23.2. The largest absolute Gasteiger partial charge is 0.465 e. The number of unbranched alkanes of at least 4 members (excludes halogenated alkanes) is 8. The Hall–Kier alpha value is -1.55. The molecule has 0 aromatic heterocycles. The molecule has 0 bridgehead atoms. The summed E-state index contributed by atoms with van der Waals surface area (Å²) < 4.78 is 17.7. The molecule has 1 aromatic rings. The minimum Gasteiger partial charge on any atom is -0.465 e. The molecule has 1 heterocycles. The first-order valence-electron chi connectivity index (χ1n) is 13.8. The van der Waals surface area contributed by atoms with Gasteiger partial charge in [-0.15, -0.1) is 0 Å². The first kappa shape index (κ1) is 26.1. The molecule has 0 spiro atoms. The number of benzene rings is 1. The van der Waals surface area contributed by atoms with Crippen molar-refractivity contribution < 1.29 is 19.0 Å². The lowest BCUT2D eigenvalue weighted by molar-refractivity contribution is -0.151. The first-order valence-corrected chi connectivity index (χ1v) is 13.8. The van der Waals surface area contributed by atoms with Gasteiger partial charge in [0.05, 0.1) is 6.61 Å². The van der Waals surface area contributed by atoms with Crippen molar-refractivity contribution in [3.05, 3.63) is 29.8 Å². The minimum absolute atomic E-state index is 0.00996. The van der Waals surface area contributed by atoms with Crippen LogP contribution in [0.5, 0.6) is 5.75 Å². The van der Waals surface area contributed by atoms with Gasteiger partial charge in [-0.25, -0.2) is 0 Å². The number of ether oxygens (including phenoxy) is 3. The van der Waals surface area contributed by atoms with Gasteiger partial charge in [0.25, 0.3) is 0 Å². The third-order valence-corrected chi connectivity index (χ3v) is 7.18. The van der Waals surface area contributed by atoms with Crippen molar-refractivity contribution in [2.45, 2.75) is 134 Å². The van der Waals surface area contributed by atoms with E-state index in [2.05, 4.69) is 19.1 Å². The number of hydrogen-bond donors (Lipinski definition) is 0. The fourth-order valence-corrected chi connectivity index (χ4v) is 5.18. The number of carbonyl (C=O) groups excluding carboxylic acids is 1. The van der Waals surface area contributed by atoms with Crippen molar-refractivity contribution >= 4 is 5.97 Å². The van der Waals surface area contributed by atoms with Gasteiger partial charge in [0, 0.05) is 18.8 Å². The van der Waals surface area contributed by atoms with E-state index < -0.39 is 0 Å². The fraction of sp³-hybridized carbons (Fsp3) is 0.759. The second kappa shape index (κ2) is 15.4. The lowest BCUT2D eigenvalue weighted by Gasteiger charge is -2.31. The van der Waals surface area contributed by atoms with Crippen LogP contribution in [0.4, 0.5) is 0 Å². The molecule has 1 aliphatic heterocycles. The molecule has 4 heteroatoms. The fourth-order valence-electron chi connectivity index (χ4n) is 5.18. The van der Waals surface area contributed by atoms with E-state index in [4.69, 9.17) is 14.2 Å². The SMILES string of the molecule is CCCCCCCCCCCC(=O)O[C@@H]1CCCC[C@H]1c1ccc(OC2CCCCO2)cc1. The molecule has 186 valence electrons. The van der Waals surface area contributed by atoms with Crippen molar-refractivity contribution in [2.24, 2.45) is 0 Å². The molecule has 2 fully saturated rings. The number of carbonyl (C=O) groups is 1. The molecule has 3 atom stereocenters.